The molecular formula is C26H23F6N5O2S. The Morgan fingerprint density at radius 2 is 1.85 bits per heavy atom. The number of aliphatic hydroxyl groups excluding tert-OH is 1. The molecule has 1 unspecified atom stereocenters. The number of nitrogens with zero attached hydrogens (tertiary/aromatic N) is 5. The molecule has 7 nitrogen and oxygen atoms in total. The molecule has 3 aromatic rings. The largest absolute Gasteiger partial charge is 0.416 e. The summed E-state index contributed by atoms with van der Waals surface area (Å²) in [6.07, 6.45) is -6.77. The van der Waals surface area contributed by atoms with E-state index >= 15 is 0 Å². The molecule has 2 aliphatic heterocycles. The Kier molecular flexibility index (Phi) is 7.44. The first-order valence-corrected chi connectivity index (χ1v) is 13.0. The Bertz CT molecular complexity index is 1510. The van der Waals surface area contributed by atoms with Crippen LogP contribution in [0.4, 0.5) is 26.3 Å². The van der Waals surface area contributed by atoms with E-state index in [0.29, 0.717) is 45.7 Å². The summed E-state index contributed by atoms with van der Waals surface area (Å²) >= 11 is 1.23. The van der Waals surface area contributed by atoms with Crippen LogP contribution in [-0.4, -0.2) is 75.1 Å². The van der Waals surface area contributed by atoms with Gasteiger partial charge in [0.1, 0.15) is 0 Å². The predicted octanol–water partition coefficient (Wildman–Crippen LogP) is 4.70. The van der Waals surface area contributed by atoms with Crippen molar-refractivity contribution in [1.82, 2.24) is 19.6 Å². The average molecular weight is 584 g/mol. The molecule has 0 spiro atoms. The Morgan fingerprint density at radius 3 is 2.55 bits per heavy atom. The number of aliphatic hydroxyl groups is 1. The lowest BCUT2D eigenvalue weighted by atomic mass is 10.0. The van der Waals surface area contributed by atoms with E-state index < -0.39 is 29.4 Å². The topological polar surface area (TPSA) is 74.0 Å². The number of benzene rings is 2. The number of aromatic nitrogens is 2. The zero-order valence-corrected chi connectivity index (χ0v) is 21.8. The van der Waals surface area contributed by atoms with Gasteiger partial charge in [0.2, 0.25) is 0 Å². The van der Waals surface area contributed by atoms with E-state index in [2.05, 4.69) is 10.1 Å². The number of alkyl halides is 6. The highest BCUT2D eigenvalue weighted by atomic mass is 32.2. The Morgan fingerprint density at radius 1 is 1.07 bits per heavy atom. The van der Waals surface area contributed by atoms with Crippen LogP contribution in [0.3, 0.4) is 0 Å². The van der Waals surface area contributed by atoms with Gasteiger partial charge >= 0.3 is 12.4 Å². The lowest BCUT2D eigenvalue weighted by Crippen LogP contribution is -2.53. The van der Waals surface area contributed by atoms with Crippen molar-refractivity contribution >= 4 is 39.8 Å². The summed E-state index contributed by atoms with van der Waals surface area (Å²) in [5.74, 6) is -0.391. The minimum atomic E-state index is -4.98. The lowest BCUT2D eigenvalue weighted by molar-refractivity contribution is -0.143. The van der Waals surface area contributed by atoms with Gasteiger partial charge in [-0.3, -0.25) is 14.4 Å². The second kappa shape index (κ2) is 10.6. The minimum Gasteiger partial charge on any atom is -0.395 e. The number of amides is 1. The molecule has 5 rings (SSSR count). The van der Waals surface area contributed by atoms with Gasteiger partial charge in [-0.05, 0) is 60.3 Å². The first-order valence-electron chi connectivity index (χ1n) is 12.1. The van der Waals surface area contributed by atoms with Crippen molar-refractivity contribution < 1.29 is 36.2 Å². The third-order valence-corrected chi connectivity index (χ3v) is 7.94. The van der Waals surface area contributed by atoms with Crippen LogP contribution in [0, 0.1) is 0 Å². The lowest BCUT2D eigenvalue weighted by Gasteiger charge is -2.39. The molecule has 14 heteroatoms. The molecule has 2 aromatic carbocycles. The minimum absolute atomic E-state index is 0.00826. The van der Waals surface area contributed by atoms with E-state index in [1.807, 2.05) is 16.8 Å². The molecule has 212 valence electrons. The second-order valence-corrected chi connectivity index (χ2v) is 10.6. The predicted molar refractivity (Wildman–Crippen MR) is 138 cm³/mol. The zero-order chi connectivity index (χ0) is 28.8. The number of amidine groups is 1. The smallest absolute Gasteiger partial charge is 0.395 e. The molecule has 1 N–H and O–H groups in total. The fraction of sp³-hybridized carbons (Fsp3) is 0.346. The van der Waals surface area contributed by atoms with Gasteiger partial charge in [-0.15, -0.1) is 0 Å². The molecule has 1 atom stereocenters. The molecule has 0 bridgehead atoms. The van der Waals surface area contributed by atoms with E-state index in [4.69, 9.17) is 0 Å². The average Bonchev–Trinajstić information content (AvgIpc) is 3.46. The fourth-order valence-electron chi connectivity index (χ4n) is 4.64. The molecule has 1 amide bonds. The summed E-state index contributed by atoms with van der Waals surface area (Å²) in [4.78, 5) is 21.2. The summed E-state index contributed by atoms with van der Waals surface area (Å²) in [5.41, 5.74) is -1.97. The maximum atomic E-state index is 13.6. The number of fused-ring (bicyclic) bond motifs is 1. The summed E-state index contributed by atoms with van der Waals surface area (Å²) < 4.78 is 81.0. The van der Waals surface area contributed by atoms with Gasteiger partial charge < -0.3 is 10.0 Å². The van der Waals surface area contributed by atoms with Crippen LogP contribution < -0.4 is 0 Å². The van der Waals surface area contributed by atoms with Gasteiger partial charge in [-0.2, -0.15) is 36.4 Å². The Labute approximate surface area is 228 Å². The molecule has 0 saturated carbocycles. The highest BCUT2D eigenvalue weighted by molar-refractivity contribution is 8.18. The van der Waals surface area contributed by atoms with Gasteiger partial charge in [0, 0.05) is 25.0 Å². The van der Waals surface area contributed by atoms with Crippen LogP contribution in [0.15, 0.2) is 52.5 Å². The summed E-state index contributed by atoms with van der Waals surface area (Å²) in [6, 6.07) is 6.52. The van der Waals surface area contributed by atoms with Gasteiger partial charge in [-0.25, -0.2) is 0 Å². The maximum absolute atomic E-state index is 13.6. The summed E-state index contributed by atoms with van der Waals surface area (Å²) in [5, 5.41) is 14.9. The standard InChI is InChI=1S/C26H23F6N5O2S/c1-35-6-7-36(13-19(35)14-38)24-34-23(39)22(40-24)9-15-2-5-21-17(8-15)11-33-37(21)12-16-3-4-18(25(27,28)29)10-20(16)26(30,31)32/h2-5,8-11,19,38H,6-7,12-14H2,1H3/b22-9+. The molecule has 0 radical (unpaired) electrons. The molecule has 1 saturated heterocycles. The highest BCUT2D eigenvalue weighted by Gasteiger charge is 2.38. The van der Waals surface area contributed by atoms with E-state index in [0.717, 1.165) is 12.6 Å². The number of carbonyl (C=O) groups is 1. The van der Waals surface area contributed by atoms with Crippen molar-refractivity contribution in [3.63, 3.8) is 0 Å². The maximum Gasteiger partial charge on any atom is 0.416 e. The first kappa shape index (κ1) is 28.2. The molecule has 2 aliphatic rings. The van der Waals surface area contributed by atoms with Crippen LogP contribution in [0.25, 0.3) is 17.0 Å². The van der Waals surface area contributed by atoms with Gasteiger partial charge in [-0.1, -0.05) is 12.1 Å². The number of hydrogen-bond acceptors (Lipinski definition) is 6. The summed E-state index contributed by atoms with van der Waals surface area (Å²) in [7, 11) is 1.93. The highest BCUT2D eigenvalue weighted by Crippen LogP contribution is 2.38. The molecule has 3 heterocycles. The van der Waals surface area contributed by atoms with Crippen molar-refractivity contribution in [3.8, 4) is 0 Å². The Hall–Kier alpha value is -3.36. The summed E-state index contributed by atoms with van der Waals surface area (Å²) in [6.45, 7) is 1.53. The quantitative estimate of drug-likeness (QED) is 0.355. The SMILES string of the molecule is CN1CCN(C2=NC(=O)/C(=C\c3ccc4c(cnn4Cc4ccc(C(F)(F)F)cc4C(F)(F)F)c3)S2)CC1CO. The van der Waals surface area contributed by atoms with Crippen LogP contribution >= 0.6 is 11.8 Å². The monoisotopic (exact) mass is 583 g/mol. The van der Waals surface area contributed by atoms with Gasteiger partial charge in [0.15, 0.2) is 5.17 Å². The fourth-order valence-corrected chi connectivity index (χ4v) is 5.59. The Balaban J connectivity index is 1.35. The number of aliphatic imine (C=N–C) groups is 1. The number of likely N-dealkylation sites (N-methyl/N-ethyl adjacent to an activating group) is 1. The molecule has 40 heavy (non-hydrogen) atoms. The van der Waals surface area contributed by atoms with Crippen molar-refractivity contribution in [1.29, 1.82) is 0 Å². The number of halogens is 6. The number of carbonyl (C=O) groups excluding carboxylic acids is 1. The molecule has 0 aliphatic carbocycles. The number of piperazine rings is 1. The van der Waals surface area contributed by atoms with Crippen LogP contribution in [0.2, 0.25) is 0 Å². The van der Waals surface area contributed by atoms with Crippen LogP contribution in [0.5, 0.6) is 0 Å². The van der Waals surface area contributed by atoms with E-state index in [1.54, 1.807) is 24.3 Å². The van der Waals surface area contributed by atoms with Crippen LogP contribution in [0.1, 0.15) is 22.3 Å². The van der Waals surface area contributed by atoms with E-state index in [9.17, 15) is 36.2 Å². The number of hydrogen-bond donors (Lipinski definition) is 1. The molecule has 1 fully saturated rings. The van der Waals surface area contributed by atoms with Crippen LogP contribution in [-0.2, 0) is 23.7 Å². The first-order chi connectivity index (χ1) is 18.8. The van der Waals surface area contributed by atoms with E-state index in [-0.39, 0.29) is 30.8 Å². The number of rotatable bonds is 4. The van der Waals surface area contributed by atoms with Crippen molar-refractivity contribution in [3.05, 3.63) is 69.8 Å². The third kappa shape index (κ3) is 5.74. The van der Waals surface area contributed by atoms with Crippen molar-refractivity contribution in [2.75, 3.05) is 33.3 Å². The zero-order valence-electron chi connectivity index (χ0n) is 21.0. The van der Waals surface area contributed by atoms with Gasteiger partial charge in [0.05, 0.1) is 46.9 Å². The van der Waals surface area contributed by atoms with Crippen molar-refractivity contribution in [2.45, 2.75) is 24.9 Å². The molecular weight excluding hydrogens is 560 g/mol. The third-order valence-electron chi connectivity index (χ3n) is 6.89. The number of thioether (sulfide) groups is 1. The van der Waals surface area contributed by atoms with Crippen molar-refractivity contribution in [2.24, 2.45) is 4.99 Å². The van der Waals surface area contributed by atoms with E-state index in [1.165, 1.54) is 22.6 Å². The van der Waals surface area contributed by atoms with Gasteiger partial charge in [0.25, 0.3) is 5.91 Å². The second-order valence-electron chi connectivity index (χ2n) is 9.56. The normalized spacial score (nSPS) is 20.1. The molecule has 1 aromatic heterocycles.